The third kappa shape index (κ3) is 4.60. The predicted octanol–water partition coefficient (Wildman–Crippen LogP) is 1.51. The minimum absolute atomic E-state index is 0.0469. The van der Waals surface area contributed by atoms with E-state index in [-0.39, 0.29) is 36.3 Å². The first-order valence-electron chi connectivity index (χ1n) is 10.0. The highest BCUT2D eigenvalue weighted by Crippen LogP contribution is 2.29. The molecule has 2 amide bonds. The SMILES string of the molecule is O=C1CN(C(=O)CN2CCCN(S(=O)(=O)c3ccc(F)cc3)CC2)c2ccccc2N1. The van der Waals surface area contributed by atoms with Gasteiger partial charge in [0, 0.05) is 19.6 Å². The van der Waals surface area contributed by atoms with Crippen LogP contribution in [0.5, 0.6) is 0 Å². The molecule has 0 aromatic heterocycles. The summed E-state index contributed by atoms with van der Waals surface area (Å²) < 4.78 is 40.3. The Hall–Kier alpha value is -2.82. The number of sulfonamides is 1. The van der Waals surface area contributed by atoms with Crippen LogP contribution in [0.4, 0.5) is 15.8 Å². The van der Waals surface area contributed by atoms with E-state index in [0.29, 0.717) is 37.4 Å². The highest BCUT2D eigenvalue weighted by molar-refractivity contribution is 7.89. The van der Waals surface area contributed by atoms with Crippen molar-refractivity contribution in [1.29, 1.82) is 0 Å². The van der Waals surface area contributed by atoms with Crippen molar-refractivity contribution in [3.05, 3.63) is 54.3 Å². The summed E-state index contributed by atoms with van der Waals surface area (Å²) in [5.41, 5.74) is 1.25. The highest BCUT2D eigenvalue weighted by Gasteiger charge is 2.30. The number of rotatable bonds is 4. The lowest BCUT2D eigenvalue weighted by Crippen LogP contribution is -2.47. The Morgan fingerprint density at radius 1 is 1.00 bits per heavy atom. The topological polar surface area (TPSA) is 90.0 Å². The molecular formula is C21H23FN4O4S. The molecular weight excluding hydrogens is 423 g/mol. The van der Waals surface area contributed by atoms with Crippen molar-refractivity contribution in [3.63, 3.8) is 0 Å². The number of fused-ring (bicyclic) bond motifs is 1. The number of hydrogen-bond donors (Lipinski definition) is 1. The Balaban J connectivity index is 1.42. The van der Waals surface area contributed by atoms with Crippen molar-refractivity contribution >= 4 is 33.2 Å². The average Bonchev–Trinajstić information content (AvgIpc) is 2.99. The zero-order valence-corrected chi connectivity index (χ0v) is 17.6. The summed E-state index contributed by atoms with van der Waals surface area (Å²) in [7, 11) is -3.73. The first-order valence-corrected chi connectivity index (χ1v) is 11.5. The van der Waals surface area contributed by atoms with Crippen LogP contribution in [0.2, 0.25) is 0 Å². The molecule has 0 unspecified atom stereocenters. The summed E-state index contributed by atoms with van der Waals surface area (Å²) in [5, 5.41) is 2.76. The van der Waals surface area contributed by atoms with E-state index in [2.05, 4.69) is 5.32 Å². The first kappa shape index (κ1) is 21.4. The molecule has 164 valence electrons. The molecule has 2 aliphatic heterocycles. The lowest BCUT2D eigenvalue weighted by atomic mass is 10.2. The Labute approximate surface area is 180 Å². The van der Waals surface area contributed by atoms with E-state index in [9.17, 15) is 22.4 Å². The maximum absolute atomic E-state index is 13.1. The molecule has 0 aliphatic carbocycles. The number of hydrogen-bond acceptors (Lipinski definition) is 5. The zero-order chi connectivity index (χ0) is 22.0. The van der Waals surface area contributed by atoms with Crippen molar-refractivity contribution in [3.8, 4) is 0 Å². The zero-order valence-electron chi connectivity index (χ0n) is 16.8. The molecule has 31 heavy (non-hydrogen) atoms. The fourth-order valence-electron chi connectivity index (χ4n) is 3.83. The molecule has 2 aliphatic rings. The van der Waals surface area contributed by atoms with Gasteiger partial charge in [0.15, 0.2) is 0 Å². The van der Waals surface area contributed by atoms with Gasteiger partial charge in [-0.05, 0) is 49.4 Å². The maximum atomic E-state index is 13.1. The van der Waals surface area contributed by atoms with E-state index in [4.69, 9.17) is 0 Å². The number of nitrogens with one attached hydrogen (secondary N) is 1. The summed E-state index contributed by atoms with van der Waals surface area (Å²) in [6.07, 6.45) is 0.560. The van der Waals surface area contributed by atoms with Crippen LogP contribution in [-0.4, -0.2) is 68.7 Å². The second-order valence-corrected chi connectivity index (χ2v) is 9.47. The van der Waals surface area contributed by atoms with Crippen molar-refractivity contribution in [2.45, 2.75) is 11.3 Å². The summed E-state index contributed by atoms with van der Waals surface area (Å²) in [4.78, 5) is 28.4. The first-order chi connectivity index (χ1) is 14.8. The number of para-hydroxylation sites is 2. The third-order valence-corrected chi connectivity index (χ3v) is 7.34. The molecule has 0 radical (unpaired) electrons. The molecule has 10 heteroatoms. The molecule has 1 fully saturated rings. The van der Waals surface area contributed by atoms with Gasteiger partial charge in [-0.25, -0.2) is 12.8 Å². The van der Waals surface area contributed by atoms with Gasteiger partial charge in [0.2, 0.25) is 21.8 Å². The Morgan fingerprint density at radius 2 is 1.74 bits per heavy atom. The van der Waals surface area contributed by atoms with Gasteiger partial charge in [-0.3, -0.25) is 19.4 Å². The second kappa shape index (κ2) is 8.74. The van der Waals surface area contributed by atoms with Crippen molar-refractivity contribution in [2.75, 3.05) is 49.5 Å². The third-order valence-electron chi connectivity index (χ3n) is 5.43. The highest BCUT2D eigenvalue weighted by atomic mass is 32.2. The quantitative estimate of drug-likeness (QED) is 0.769. The van der Waals surface area contributed by atoms with Gasteiger partial charge in [-0.15, -0.1) is 0 Å². The van der Waals surface area contributed by atoms with Crippen molar-refractivity contribution < 1.29 is 22.4 Å². The van der Waals surface area contributed by atoms with Gasteiger partial charge in [-0.1, -0.05) is 12.1 Å². The lowest BCUT2D eigenvalue weighted by Gasteiger charge is -2.31. The van der Waals surface area contributed by atoms with Crippen LogP contribution in [0.3, 0.4) is 0 Å². The number of anilines is 2. The summed E-state index contributed by atoms with van der Waals surface area (Å²) in [5.74, 6) is -0.955. The summed E-state index contributed by atoms with van der Waals surface area (Å²) in [6, 6.07) is 11.9. The van der Waals surface area contributed by atoms with Crippen LogP contribution in [0.1, 0.15) is 6.42 Å². The Morgan fingerprint density at radius 3 is 2.52 bits per heavy atom. The molecule has 1 saturated heterocycles. The molecule has 0 saturated carbocycles. The van der Waals surface area contributed by atoms with Crippen molar-refractivity contribution in [2.24, 2.45) is 0 Å². The van der Waals surface area contributed by atoms with Crippen LogP contribution in [0.25, 0.3) is 0 Å². The van der Waals surface area contributed by atoms with Gasteiger partial charge in [0.25, 0.3) is 0 Å². The summed E-state index contributed by atoms with van der Waals surface area (Å²) in [6.45, 7) is 1.53. The van der Waals surface area contributed by atoms with E-state index in [1.807, 2.05) is 4.90 Å². The van der Waals surface area contributed by atoms with Crippen LogP contribution < -0.4 is 10.2 Å². The number of carbonyl (C=O) groups excluding carboxylic acids is 2. The lowest BCUT2D eigenvalue weighted by molar-refractivity contribution is -0.122. The van der Waals surface area contributed by atoms with Gasteiger partial charge < -0.3 is 5.32 Å². The molecule has 0 spiro atoms. The van der Waals surface area contributed by atoms with Crippen LogP contribution in [0.15, 0.2) is 53.4 Å². The second-order valence-electron chi connectivity index (χ2n) is 7.53. The van der Waals surface area contributed by atoms with Gasteiger partial charge in [0.1, 0.15) is 12.4 Å². The Kier molecular flexibility index (Phi) is 6.03. The van der Waals surface area contributed by atoms with E-state index in [1.165, 1.54) is 21.3 Å². The van der Waals surface area contributed by atoms with E-state index >= 15 is 0 Å². The normalized spacial score (nSPS) is 18.2. The molecule has 4 rings (SSSR count). The minimum atomic E-state index is -3.73. The number of halogens is 1. The monoisotopic (exact) mass is 446 g/mol. The predicted molar refractivity (Wildman–Crippen MR) is 114 cm³/mol. The van der Waals surface area contributed by atoms with Crippen molar-refractivity contribution in [1.82, 2.24) is 9.21 Å². The number of nitrogens with zero attached hydrogens (tertiary/aromatic N) is 3. The van der Waals surface area contributed by atoms with Gasteiger partial charge in [0.05, 0.1) is 22.8 Å². The molecule has 2 heterocycles. The Bertz CT molecular complexity index is 1090. The molecule has 0 bridgehead atoms. The standard InChI is InChI=1S/C21H23FN4O4S/c22-16-6-8-17(9-7-16)31(29,30)25-11-3-10-24(12-13-25)15-21(28)26-14-20(27)23-18-4-1-2-5-19(18)26/h1-2,4-9H,3,10-15H2,(H,23,27). The largest absolute Gasteiger partial charge is 0.323 e. The molecule has 0 atom stereocenters. The average molecular weight is 447 g/mol. The van der Waals surface area contributed by atoms with E-state index in [0.717, 1.165) is 12.1 Å². The number of amides is 2. The smallest absolute Gasteiger partial charge is 0.244 e. The molecule has 2 aromatic rings. The number of benzene rings is 2. The van der Waals surface area contributed by atoms with Crippen LogP contribution in [0, 0.1) is 5.82 Å². The maximum Gasteiger partial charge on any atom is 0.244 e. The molecule has 8 nitrogen and oxygen atoms in total. The number of carbonyl (C=O) groups is 2. The van der Waals surface area contributed by atoms with Crippen LogP contribution in [-0.2, 0) is 19.6 Å². The summed E-state index contributed by atoms with van der Waals surface area (Å²) >= 11 is 0. The fourth-order valence-corrected chi connectivity index (χ4v) is 5.30. The fraction of sp³-hybridized carbons (Fsp3) is 0.333. The van der Waals surface area contributed by atoms with Gasteiger partial charge >= 0.3 is 0 Å². The molecule has 1 N–H and O–H groups in total. The van der Waals surface area contributed by atoms with Gasteiger partial charge in [-0.2, -0.15) is 4.31 Å². The molecule has 2 aromatic carbocycles. The van der Waals surface area contributed by atoms with Crippen LogP contribution >= 0.6 is 0 Å². The van der Waals surface area contributed by atoms with E-state index < -0.39 is 15.8 Å². The minimum Gasteiger partial charge on any atom is -0.323 e. The van der Waals surface area contributed by atoms with E-state index in [1.54, 1.807) is 24.3 Å².